The van der Waals surface area contributed by atoms with E-state index in [1.807, 2.05) is 0 Å². The Morgan fingerprint density at radius 3 is 2.87 bits per heavy atom. The van der Waals surface area contributed by atoms with E-state index < -0.39 is 41.3 Å². The Hall–Kier alpha value is -2.37. The fraction of sp³-hybridized carbons (Fsp3) is 0.500. The summed E-state index contributed by atoms with van der Waals surface area (Å²) in [4.78, 5) is 18.1. The van der Waals surface area contributed by atoms with Crippen molar-refractivity contribution in [2.45, 2.75) is 31.0 Å². The summed E-state index contributed by atoms with van der Waals surface area (Å²) in [5.74, 6) is -0.127. The number of rotatable bonds is 3. The lowest BCUT2D eigenvalue weighted by molar-refractivity contribution is -0.383. The molecule has 0 radical (unpaired) electrons. The molecule has 2 unspecified atom stereocenters. The SMILES string of the molecule is C[C@@]1(F)C(O)C(CO)O[C@H]1n1cc([N+](=O)[O-])c2c(N)ncnc21. The van der Waals surface area contributed by atoms with Crippen molar-refractivity contribution in [2.75, 3.05) is 12.3 Å². The van der Waals surface area contributed by atoms with Crippen molar-refractivity contribution in [3.8, 4) is 0 Å². The second-order valence-corrected chi connectivity index (χ2v) is 5.44. The first kappa shape index (κ1) is 15.5. The number of hydrogen-bond donors (Lipinski definition) is 3. The first-order chi connectivity index (χ1) is 10.8. The third-order valence-corrected chi connectivity index (χ3v) is 3.96. The maximum absolute atomic E-state index is 14.9. The monoisotopic (exact) mass is 327 g/mol. The van der Waals surface area contributed by atoms with E-state index in [1.165, 1.54) is 0 Å². The largest absolute Gasteiger partial charge is 0.394 e. The Morgan fingerprint density at radius 2 is 2.30 bits per heavy atom. The number of nitro groups is 1. The lowest BCUT2D eigenvalue weighted by Gasteiger charge is -2.24. The Morgan fingerprint density at radius 1 is 1.61 bits per heavy atom. The molecule has 3 heterocycles. The van der Waals surface area contributed by atoms with Crippen LogP contribution in [0.3, 0.4) is 0 Å². The van der Waals surface area contributed by atoms with Gasteiger partial charge >= 0.3 is 0 Å². The van der Waals surface area contributed by atoms with Crippen LogP contribution in [-0.4, -0.2) is 54.2 Å². The summed E-state index contributed by atoms with van der Waals surface area (Å²) in [6, 6.07) is 0. The fourth-order valence-electron chi connectivity index (χ4n) is 2.77. The highest BCUT2D eigenvalue weighted by Crippen LogP contribution is 2.44. The standard InChI is InChI=1S/C12H14FN5O5/c1-12(13)8(20)6(3-19)23-11(12)17-2-5(18(21)22)7-9(14)15-4-16-10(7)17/h2,4,6,8,11,19-20H,3H2,1H3,(H2,14,15,16)/t6?,8?,11-,12-/m1/s1. The van der Waals surface area contributed by atoms with Gasteiger partial charge in [0.15, 0.2) is 17.5 Å². The van der Waals surface area contributed by atoms with E-state index in [0.717, 1.165) is 24.0 Å². The highest BCUT2D eigenvalue weighted by Gasteiger charge is 2.55. The number of ether oxygens (including phenoxy) is 1. The van der Waals surface area contributed by atoms with Gasteiger partial charge in [-0.15, -0.1) is 0 Å². The smallest absolute Gasteiger partial charge is 0.300 e. The van der Waals surface area contributed by atoms with Crippen LogP contribution >= 0.6 is 0 Å². The van der Waals surface area contributed by atoms with Crippen LogP contribution < -0.4 is 5.73 Å². The Kier molecular flexibility index (Phi) is 3.43. The van der Waals surface area contributed by atoms with Crippen LogP contribution in [0.25, 0.3) is 11.0 Å². The molecular weight excluding hydrogens is 313 g/mol. The predicted molar refractivity (Wildman–Crippen MR) is 75.1 cm³/mol. The molecule has 4 N–H and O–H groups in total. The average Bonchev–Trinajstić information content (AvgIpc) is 2.97. The van der Waals surface area contributed by atoms with Crippen LogP contribution in [0.5, 0.6) is 0 Å². The van der Waals surface area contributed by atoms with Gasteiger partial charge in [-0.3, -0.25) is 14.7 Å². The van der Waals surface area contributed by atoms with E-state index in [-0.39, 0.29) is 16.9 Å². The maximum atomic E-state index is 14.9. The van der Waals surface area contributed by atoms with Gasteiger partial charge in [0.2, 0.25) is 0 Å². The van der Waals surface area contributed by atoms with E-state index in [0.29, 0.717) is 0 Å². The molecule has 1 saturated heterocycles. The Bertz CT molecular complexity index is 779. The van der Waals surface area contributed by atoms with Crippen LogP contribution in [0.15, 0.2) is 12.5 Å². The molecule has 0 spiro atoms. The minimum absolute atomic E-state index is 0.00358. The van der Waals surface area contributed by atoms with Crippen molar-refractivity contribution in [2.24, 2.45) is 0 Å². The number of nitrogen functional groups attached to an aromatic ring is 1. The van der Waals surface area contributed by atoms with Crippen molar-refractivity contribution in [3.63, 3.8) is 0 Å². The van der Waals surface area contributed by atoms with Gasteiger partial charge < -0.3 is 20.7 Å². The minimum Gasteiger partial charge on any atom is -0.394 e. The number of halogens is 1. The summed E-state index contributed by atoms with van der Waals surface area (Å²) in [6.45, 7) is 0.482. The first-order valence-corrected chi connectivity index (χ1v) is 6.67. The molecule has 124 valence electrons. The molecule has 11 heteroatoms. The van der Waals surface area contributed by atoms with Crippen molar-refractivity contribution in [3.05, 3.63) is 22.6 Å². The summed E-state index contributed by atoms with van der Waals surface area (Å²) in [5.41, 5.74) is 2.96. The minimum atomic E-state index is -2.30. The van der Waals surface area contributed by atoms with Gasteiger partial charge in [0.25, 0.3) is 5.69 Å². The topological polar surface area (TPSA) is 150 Å². The van der Waals surface area contributed by atoms with Gasteiger partial charge in [0.1, 0.15) is 29.7 Å². The molecule has 1 fully saturated rings. The van der Waals surface area contributed by atoms with Gasteiger partial charge in [0.05, 0.1) is 17.7 Å². The third kappa shape index (κ3) is 2.12. The van der Waals surface area contributed by atoms with Crippen molar-refractivity contribution >= 4 is 22.5 Å². The number of alkyl halides is 1. The summed E-state index contributed by atoms with van der Waals surface area (Å²) in [5, 5.41) is 30.3. The molecule has 23 heavy (non-hydrogen) atoms. The second kappa shape index (κ2) is 5.08. The molecule has 0 aliphatic carbocycles. The average molecular weight is 327 g/mol. The quantitative estimate of drug-likeness (QED) is 0.522. The van der Waals surface area contributed by atoms with Crippen LogP contribution in [-0.2, 0) is 4.74 Å². The summed E-state index contributed by atoms with van der Waals surface area (Å²) in [6.07, 6.45) is -2.06. The molecule has 1 aliphatic heterocycles. The van der Waals surface area contributed by atoms with Crippen LogP contribution in [0.1, 0.15) is 13.2 Å². The Balaban J connectivity index is 2.21. The van der Waals surface area contributed by atoms with E-state index in [4.69, 9.17) is 15.6 Å². The summed E-state index contributed by atoms with van der Waals surface area (Å²) >= 11 is 0. The molecule has 0 amide bonds. The van der Waals surface area contributed by atoms with Crippen molar-refractivity contribution in [1.82, 2.24) is 14.5 Å². The summed E-state index contributed by atoms with van der Waals surface area (Å²) in [7, 11) is 0. The number of hydrogen-bond acceptors (Lipinski definition) is 8. The van der Waals surface area contributed by atoms with Crippen LogP contribution in [0, 0.1) is 10.1 Å². The van der Waals surface area contributed by atoms with Crippen LogP contribution in [0.2, 0.25) is 0 Å². The molecule has 10 nitrogen and oxygen atoms in total. The normalized spacial score (nSPS) is 30.9. The van der Waals surface area contributed by atoms with E-state index in [2.05, 4.69) is 9.97 Å². The van der Waals surface area contributed by atoms with Gasteiger partial charge in [-0.25, -0.2) is 14.4 Å². The maximum Gasteiger partial charge on any atom is 0.300 e. The van der Waals surface area contributed by atoms with E-state index >= 15 is 0 Å². The first-order valence-electron chi connectivity index (χ1n) is 6.67. The van der Waals surface area contributed by atoms with Gasteiger partial charge in [-0.05, 0) is 6.92 Å². The van der Waals surface area contributed by atoms with Crippen LogP contribution in [0.4, 0.5) is 15.9 Å². The highest BCUT2D eigenvalue weighted by molar-refractivity contribution is 5.95. The molecule has 3 rings (SSSR count). The molecule has 0 bridgehead atoms. The number of nitrogens with two attached hydrogens (primary N) is 1. The molecule has 0 aromatic carbocycles. The lowest BCUT2D eigenvalue weighted by Crippen LogP contribution is -2.40. The Labute approximate surface area is 128 Å². The number of aliphatic hydroxyl groups is 2. The third-order valence-electron chi connectivity index (χ3n) is 3.96. The van der Waals surface area contributed by atoms with Gasteiger partial charge in [0, 0.05) is 0 Å². The molecular formula is C12H14FN5O5. The zero-order valence-electron chi connectivity index (χ0n) is 12.0. The van der Waals surface area contributed by atoms with E-state index in [1.54, 1.807) is 0 Å². The number of aromatic nitrogens is 3. The van der Waals surface area contributed by atoms with Crippen molar-refractivity contribution < 1.29 is 24.3 Å². The van der Waals surface area contributed by atoms with E-state index in [9.17, 15) is 19.6 Å². The number of nitrogens with zero attached hydrogens (tertiary/aromatic N) is 4. The molecule has 2 aromatic rings. The van der Waals surface area contributed by atoms with Gasteiger partial charge in [-0.2, -0.15) is 0 Å². The number of fused-ring (bicyclic) bond motifs is 1. The van der Waals surface area contributed by atoms with Crippen molar-refractivity contribution in [1.29, 1.82) is 0 Å². The lowest BCUT2D eigenvalue weighted by atomic mass is 9.98. The molecule has 2 aromatic heterocycles. The highest BCUT2D eigenvalue weighted by atomic mass is 19.1. The second-order valence-electron chi connectivity index (χ2n) is 5.44. The predicted octanol–water partition coefficient (Wildman–Crippen LogP) is -0.0995. The molecule has 0 saturated carbocycles. The molecule has 1 aliphatic rings. The van der Waals surface area contributed by atoms with Gasteiger partial charge in [-0.1, -0.05) is 0 Å². The zero-order chi connectivity index (χ0) is 16.9. The zero-order valence-corrected chi connectivity index (χ0v) is 12.0. The number of aliphatic hydroxyl groups excluding tert-OH is 2. The fourth-order valence-corrected chi connectivity index (χ4v) is 2.77. The summed E-state index contributed by atoms with van der Waals surface area (Å²) < 4.78 is 21.3. The number of anilines is 1. The molecule has 4 atom stereocenters.